The van der Waals surface area contributed by atoms with Gasteiger partial charge >= 0.3 is 0 Å². The van der Waals surface area contributed by atoms with Crippen LogP contribution in [0.25, 0.3) is 10.9 Å². The molecule has 0 spiro atoms. The normalized spacial score (nSPS) is 12.0. The molecule has 0 radical (unpaired) electrons. The number of para-hydroxylation sites is 3. The monoisotopic (exact) mass is 427 g/mol. The maximum Gasteiger partial charge on any atom is 0.262 e. The second-order valence-corrected chi connectivity index (χ2v) is 7.60. The van der Waals surface area contributed by atoms with E-state index < -0.39 is 0 Å². The molecule has 30 heavy (non-hydrogen) atoms. The fourth-order valence-corrected chi connectivity index (χ4v) is 4.00. The van der Waals surface area contributed by atoms with Gasteiger partial charge in [-0.25, -0.2) is 4.98 Å². The van der Waals surface area contributed by atoms with Gasteiger partial charge in [0.25, 0.3) is 5.56 Å². The van der Waals surface area contributed by atoms with E-state index in [9.17, 15) is 9.59 Å². The Bertz CT molecular complexity index is 1080. The third-order valence-electron chi connectivity index (χ3n) is 4.42. The number of carbonyl (C=O) groups excluding carboxylic acids is 1. The predicted octanol–water partition coefficient (Wildman–Crippen LogP) is 3.73. The Balaban J connectivity index is 1.84. The molecule has 3 rings (SSSR count). The van der Waals surface area contributed by atoms with Crippen molar-refractivity contribution in [3.63, 3.8) is 0 Å². The van der Waals surface area contributed by atoms with Gasteiger partial charge in [0.15, 0.2) is 5.16 Å². The summed E-state index contributed by atoms with van der Waals surface area (Å²) in [7, 11) is 1.59. The van der Waals surface area contributed by atoms with E-state index in [4.69, 9.17) is 9.47 Å². The summed E-state index contributed by atoms with van der Waals surface area (Å²) >= 11 is 1.22. The van der Waals surface area contributed by atoms with Crippen LogP contribution >= 0.6 is 11.8 Å². The lowest BCUT2D eigenvalue weighted by Gasteiger charge is -2.19. The second-order valence-electron chi connectivity index (χ2n) is 6.66. The zero-order valence-corrected chi connectivity index (χ0v) is 18.1. The highest BCUT2D eigenvalue weighted by atomic mass is 32.2. The van der Waals surface area contributed by atoms with Crippen LogP contribution in [0.2, 0.25) is 0 Å². The molecule has 3 aromatic rings. The zero-order valence-electron chi connectivity index (χ0n) is 17.3. The predicted molar refractivity (Wildman–Crippen MR) is 120 cm³/mol. The summed E-state index contributed by atoms with van der Waals surface area (Å²) in [6, 6.07) is 14.3. The zero-order chi connectivity index (χ0) is 21.5. The van der Waals surface area contributed by atoms with Crippen LogP contribution in [-0.2, 0) is 9.53 Å². The molecule has 158 valence electrons. The number of nitrogens with one attached hydrogen (secondary N) is 1. The Morgan fingerprint density at radius 2 is 1.93 bits per heavy atom. The van der Waals surface area contributed by atoms with Crippen molar-refractivity contribution in [2.45, 2.75) is 25.0 Å². The number of methoxy groups -OCH3 is 1. The van der Waals surface area contributed by atoms with E-state index in [2.05, 4.69) is 10.3 Å². The first kappa shape index (κ1) is 21.9. The maximum absolute atomic E-state index is 13.1. The largest absolute Gasteiger partial charge is 0.492 e. The van der Waals surface area contributed by atoms with Crippen molar-refractivity contribution in [2.75, 3.05) is 31.4 Å². The SMILES string of the molecule is CCOc1ccccc1NC(=O)CSc1nc2ccccc2c(=O)n1C(C)COC. The molecule has 8 heteroatoms. The molecule has 0 aliphatic heterocycles. The van der Waals surface area contributed by atoms with Gasteiger partial charge in [-0.2, -0.15) is 0 Å². The topological polar surface area (TPSA) is 82.5 Å². The lowest BCUT2D eigenvalue weighted by Crippen LogP contribution is -2.29. The average Bonchev–Trinajstić information content (AvgIpc) is 2.74. The van der Waals surface area contributed by atoms with E-state index in [-0.39, 0.29) is 23.3 Å². The van der Waals surface area contributed by atoms with Crippen LogP contribution in [0.5, 0.6) is 5.75 Å². The van der Waals surface area contributed by atoms with Crippen molar-refractivity contribution in [3.05, 3.63) is 58.9 Å². The number of aromatic nitrogens is 2. The highest BCUT2D eigenvalue weighted by Gasteiger charge is 2.18. The molecule has 1 aromatic heterocycles. The minimum absolute atomic E-state index is 0.102. The first-order valence-corrected chi connectivity index (χ1v) is 10.7. The molecule has 0 aliphatic carbocycles. The summed E-state index contributed by atoms with van der Waals surface area (Å²) in [5, 5.41) is 3.89. The molecule has 1 N–H and O–H groups in total. The number of anilines is 1. The van der Waals surface area contributed by atoms with Gasteiger partial charge in [0.2, 0.25) is 5.91 Å². The molecule has 1 atom stereocenters. The van der Waals surface area contributed by atoms with E-state index in [0.717, 1.165) is 0 Å². The number of rotatable bonds is 9. The molecule has 0 saturated carbocycles. The van der Waals surface area contributed by atoms with Crippen LogP contribution in [0.15, 0.2) is 58.5 Å². The molecular weight excluding hydrogens is 402 g/mol. The van der Waals surface area contributed by atoms with Crippen LogP contribution in [0.3, 0.4) is 0 Å². The Morgan fingerprint density at radius 1 is 1.20 bits per heavy atom. The number of ether oxygens (including phenoxy) is 2. The molecule has 0 fully saturated rings. The number of thioether (sulfide) groups is 1. The van der Waals surface area contributed by atoms with E-state index >= 15 is 0 Å². The van der Waals surface area contributed by atoms with Crippen molar-refractivity contribution < 1.29 is 14.3 Å². The molecule has 0 aliphatic rings. The standard InChI is InChI=1S/C22H25N3O4S/c1-4-29-19-12-8-7-11-18(19)23-20(26)14-30-22-24-17-10-6-5-9-16(17)21(27)25(22)15(2)13-28-3/h5-12,15H,4,13-14H2,1-3H3,(H,23,26). The van der Waals surface area contributed by atoms with Crippen molar-refractivity contribution in [2.24, 2.45) is 0 Å². The molecule has 1 unspecified atom stereocenters. The van der Waals surface area contributed by atoms with Gasteiger partial charge in [0, 0.05) is 7.11 Å². The smallest absolute Gasteiger partial charge is 0.262 e. The van der Waals surface area contributed by atoms with Gasteiger partial charge in [-0.1, -0.05) is 36.0 Å². The second kappa shape index (κ2) is 10.3. The molecule has 0 saturated heterocycles. The number of amides is 1. The van der Waals surface area contributed by atoms with Crippen LogP contribution in [0, 0.1) is 0 Å². The molecule has 2 aromatic carbocycles. The molecule has 1 heterocycles. The summed E-state index contributed by atoms with van der Waals surface area (Å²) < 4.78 is 12.4. The van der Waals surface area contributed by atoms with E-state index in [1.165, 1.54) is 11.8 Å². The number of fused-ring (bicyclic) bond motifs is 1. The fourth-order valence-electron chi connectivity index (χ4n) is 3.10. The van der Waals surface area contributed by atoms with Gasteiger partial charge in [0.1, 0.15) is 5.75 Å². The van der Waals surface area contributed by atoms with E-state index in [1.54, 1.807) is 35.9 Å². The van der Waals surface area contributed by atoms with Crippen LogP contribution in [-0.4, -0.2) is 41.5 Å². The Hall–Kier alpha value is -2.84. The maximum atomic E-state index is 13.1. The lowest BCUT2D eigenvalue weighted by atomic mass is 10.2. The van der Waals surface area contributed by atoms with Crippen molar-refractivity contribution in [1.29, 1.82) is 0 Å². The van der Waals surface area contributed by atoms with Crippen LogP contribution < -0.4 is 15.6 Å². The number of carbonyl (C=O) groups is 1. The molecule has 0 bridgehead atoms. The molecule has 1 amide bonds. The summed E-state index contributed by atoms with van der Waals surface area (Å²) in [6.07, 6.45) is 0. The third-order valence-corrected chi connectivity index (χ3v) is 5.37. The van der Waals surface area contributed by atoms with Gasteiger partial charge in [0.05, 0.1) is 41.6 Å². The molecular formula is C22H25N3O4S. The Labute approximate surface area is 179 Å². The number of benzene rings is 2. The van der Waals surface area contributed by atoms with Crippen molar-refractivity contribution in [3.8, 4) is 5.75 Å². The van der Waals surface area contributed by atoms with Gasteiger partial charge in [-0.15, -0.1) is 0 Å². The Morgan fingerprint density at radius 3 is 2.70 bits per heavy atom. The number of hydrogen-bond donors (Lipinski definition) is 1. The summed E-state index contributed by atoms with van der Waals surface area (Å²) in [5.74, 6) is 0.513. The number of hydrogen-bond acceptors (Lipinski definition) is 6. The highest BCUT2D eigenvalue weighted by molar-refractivity contribution is 7.99. The Kier molecular flexibility index (Phi) is 7.48. The van der Waals surface area contributed by atoms with Crippen molar-refractivity contribution >= 4 is 34.3 Å². The van der Waals surface area contributed by atoms with Gasteiger partial charge < -0.3 is 14.8 Å². The first-order chi connectivity index (χ1) is 14.5. The van der Waals surface area contributed by atoms with E-state index in [1.807, 2.05) is 38.1 Å². The van der Waals surface area contributed by atoms with Crippen LogP contribution in [0.1, 0.15) is 19.9 Å². The summed E-state index contributed by atoms with van der Waals surface area (Å²) in [4.78, 5) is 30.3. The third kappa shape index (κ3) is 5.01. The lowest BCUT2D eigenvalue weighted by molar-refractivity contribution is -0.113. The highest BCUT2D eigenvalue weighted by Crippen LogP contribution is 2.25. The van der Waals surface area contributed by atoms with Crippen LogP contribution in [0.4, 0.5) is 5.69 Å². The quantitative estimate of drug-likeness (QED) is 0.414. The van der Waals surface area contributed by atoms with Crippen molar-refractivity contribution in [1.82, 2.24) is 9.55 Å². The summed E-state index contributed by atoms with van der Waals surface area (Å²) in [6.45, 7) is 4.65. The van der Waals surface area contributed by atoms with Gasteiger partial charge in [-0.3, -0.25) is 14.2 Å². The fraction of sp³-hybridized carbons (Fsp3) is 0.318. The van der Waals surface area contributed by atoms with E-state index in [0.29, 0.717) is 40.7 Å². The molecule has 7 nitrogen and oxygen atoms in total. The minimum atomic E-state index is -0.219. The average molecular weight is 428 g/mol. The minimum Gasteiger partial charge on any atom is -0.492 e. The number of nitrogens with zero attached hydrogens (tertiary/aromatic N) is 2. The summed E-state index contributed by atoms with van der Waals surface area (Å²) in [5.41, 5.74) is 1.07. The van der Waals surface area contributed by atoms with Gasteiger partial charge in [-0.05, 0) is 38.1 Å². The first-order valence-electron chi connectivity index (χ1n) is 9.69.